The zero-order valence-electron chi connectivity index (χ0n) is 11.2. The van der Waals surface area contributed by atoms with Crippen LogP contribution in [0.3, 0.4) is 0 Å². The number of amides is 1. The van der Waals surface area contributed by atoms with Crippen molar-refractivity contribution in [3.63, 3.8) is 0 Å². The van der Waals surface area contributed by atoms with E-state index in [1.165, 1.54) is 0 Å². The van der Waals surface area contributed by atoms with E-state index in [1.807, 2.05) is 30.4 Å². The molecule has 0 saturated carbocycles. The van der Waals surface area contributed by atoms with Gasteiger partial charge in [0.05, 0.1) is 0 Å². The van der Waals surface area contributed by atoms with Crippen molar-refractivity contribution >= 4 is 17.4 Å². The summed E-state index contributed by atoms with van der Waals surface area (Å²) in [4.78, 5) is 16.4. The Morgan fingerprint density at radius 3 is 2.90 bits per heavy atom. The Bertz CT molecular complexity index is 793. The van der Waals surface area contributed by atoms with Gasteiger partial charge in [-0.1, -0.05) is 6.07 Å². The van der Waals surface area contributed by atoms with Gasteiger partial charge < -0.3 is 5.32 Å². The van der Waals surface area contributed by atoms with Crippen LogP contribution < -0.4 is 5.32 Å². The molecule has 3 aromatic heterocycles. The average Bonchev–Trinajstić information content (AvgIpc) is 2.82. The van der Waals surface area contributed by atoms with E-state index in [0.717, 1.165) is 11.4 Å². The number of pyridine rings is 2. The highest BCUT2D eigenvalue weighted by molar-refractivity contribution is 6.04. The van der Waals surface area contributed by atoms with E-state index in [4.69, 9.17) is 0 Å². The van der Waals surface area contributed by atoms with Crippen LogP contribution in [0.4, 0.5) is 5.82 Å². The van der Waals surface area contributed by atoms with Crippen LogP contribution in [-0.2, 0) is 0 Å². The van der Waals surface area contributed by atoms with E-state index in [0.29, 0.717) is 17.0 Å². The summed E-state index contributed by atoms with van der Waals surface area (Å²) in [5, 5.41) is 10.8. The maximum absolute atomic E-state index is 12.2. The molecule has 3 aromatic rings. The van der Waals surface area contributed by atoms with Crippen LogP contribution in [0, 0.1) is 13.8 Å². The first-order valence-electron chi connectivity index (χ1n) is 6.19. The molecule has 0 saturated heterocycles. The third-order valence-electron chi connectivity index (χ3n) is 3.08. The molecule has 1 amide bonds. The van der Waals surface area contributed by atoms with Crippen molar-refractivity contribution in [2.75, 3.05) is 5.32 Å². The zero-order chi connectivity index (χ0) is 14.1. The van der Waals surface area contributed by atoms with Crippen molar-refractivity contribution in [2.24, 2.45) is 0 Å². The summed E-state index contributed by atoms with van der Waals surface area (Å²) in [7, 11) is 0. The number of carbonyl (C=O) groups is 1. The van der Waals surface area contributed by atoms with Crippen LogP contribution in [0.1, 0.15) is 21.7 Å². The minimum absolute atomic E-state index is 0.213. The van der Waals surface area contributed by atoms with E-state index < -0.39 is 0 Å². The number of carbonyl (C=O) groups excluding carboxylic acids is 1. The average molecular weight is 267 g/mol. The number of hydrogen-bond donors (Lipinski definition) is 1. The largest absolute Gasteiger partial charge is 0.306 e. The van der Waals surface area contributed by atoms with Crippen LogP contribution in [0.2, 0.25) is 0 Å². The fraction of sp³-hybridized carbons (Fsp3) is 0.143. The molecular weight excluding hydrogens is 254 g/mol. The SMILES string of the molecule is Cc1cccnc1NC(=O)c1ccn2c(C)nnc2c1. The number of anilines is 1. The van der Waals surface area contributed by atoms with Crippen molar-refractivity contribution in [1.29, 1.82) is 0 Å². The molecule has 0 aromatic carbocycles. The molecule has 0 aliphatic carbocycles. The molecule has 20 heavy (non-hydrogen) atoms. The van der Waals surface area contributed by atoms with Crippen LogP contribution >= 0.6 is 0 Å². The Kier molecular flexibility index (Phi) is 2.90. The highest BCUT2D eigenvalue weighted by atomic mass is 16.1. The van der Waals surface area contributed by atoms with Crippen LogP contribution in [-0.4, -0.2) is 25.5 Å². The van der Waals surface area contributed by atoms with Crippen molar-refractivity contribution in [2.45, 2.75) is 13.8 Å². The maximum Gasteiger partial charge on any atom is 0.257 e. The van der Waals surface area contributed by atoms with Crippen LogP contribution in [0.15, 0.2) is 36.7 Å². The summed E-state index contributed by atoms with van der Waals surface area (Å²) >= 11 is 0. The van der Waals surface area contributed by atoms with Gasteiger partial charge in [-0.05, 0) is 37.6 Å². The lowest BCUT2D eigenvalue weighted by atomic mass is 10.2. The molecule has 6 heteroatoms. The van der Waals surface area contributed by atoms with Gasteiger partial charge >= 0.3 is 0 Å². The van der Waals surface area contributed by atoms with Gasteiger partial charge in [-0.15, -0.1) is 10.2 Å². The lowest BCUT2D eigenvalue weighted by Crippen LogP contribution is -2.14. The van der Waals surface area contributed by atoms with E-state index in [2.05, 4.69) is 20.5 Å². The maximum atomic E-state index is 12.2. The molecule has 0 atom stereocenters. The molecule has 1 N–H and O–H groups in total. The highest BCUT2D eigenvalue weighted by Gasteiger charge is 2.10. The molecule has 0 unspecified atom stereocenters. The number of fused-ring (bicyclic) bond motifs is 1. The van der Waals surface area contributed by atoms with E-state index in [-0.39, 0.29) is 5.91 Å². The molecule has 3 heterocycles. The second-order valence-corrected chi connectivity index (χ2v) is 4.51. The smallest absolute Gasteiger partial charge is 0.257 e. The molecule has 100 valence electrons. The Morgan fingerprint density at radius 2 is 2.10 bits per heavy atom. The fourth-order valence-corrected chi connectivity index (χ4v) is 1.95. The van der Waals surface area contributed by atoms with Crippen molar-refractivity contribution in [1.82, 2.24) is 19.6 Å². The summed E-state index contributed by atoms with van der Waals surface area (Å²) in [6, 6.07) is 7.16. The van der Waals surface area contributed by atoms with Crippen LogP contribution in [0.5, 0.6) is 0 Å². The van der Waals surface area contributed by atoms with Crippen molar-refractivity contribution < 1.29 is 4.79 Å². The zero-order valence-corrected chi connectivity index (χ0v) is 11.2. The third-order valence-corrected chi connectivity index (χ3v) is 3.08. The van der Waals surface area contributed by atoms with E-state index >= 15 is 0 Å². The van der Waals surface area contributed by atoms with Crippen LogP contribution in [0.25, 0.3) is 5.65 Å². The molecule has 0 bridgehead atoms. The summed E-state index contributed by atoms with van der Waals surface area (Å²) in [6.45, 7) is 3.75. The lowest BCUT2D eigenvalue weighted by molar-refractivity contribution is 0.102. The molecule has 0 aliphatic heterocycles. The Balaban J connectivity index is 1.91. The van der Waals surface area contributed by atoms with Gasteiger partial charge in [-0.25, -0.2) is 4.98 Å². The van der Waals surface area contributed by atoms with Gasteiger partial charge in [-0.2, -0.15) is 0 Å². The number of nitrogens with one attached hydrogen (secondary N) is 1. The first-order chi connectivity index (χ1) is 9.65. The minimum Gasteiger partial charge on any atom is -0.306 e. The predicted octanol–water partition coefficient (Wildman–Crippen LogP) is 1.99. The first-order valence-corrected chi connectivity index (χ1v) is 6.19. The van der Waals surface area contributed by atoms with Crippen molar-refractivity contribution in [3.05, 3.63) is 53.6 Å². The fourth-order valence-electron chi connectivity index (χ4n) is 1.95. The summed E-state index contributed by atoms with van der Waals surface area (Å²) in [5.74, 6) is 1.14. The first kappa shape index (κ1) is 12.3. The van der Waals surface area contributed by atoms with Gasteiger partial charge in [0.15, 0.2) is 5.65 Å². The molecule has 6 nitrogen and oxygen atoms in total. The summed E-state index contributed by atoms with van der Waals surface area (Å²) < 4.78 is 1.82. The lowest BCUT2D eigenvalue weighted by Gasteiger charge is -2.07. The Hall–Kier alpha value is -2.76. The highest BCUT2D eigenvalue weighted by Crippen LogP contribution is 2.12. The number of nitrogens with zero attached hydrogens (tertiary/aromatic N) is 4. The topological polar surface area (TPSA) is 72.2 Å². The third kappa shape index (κ3) is 2.11. The van der Waals surface area contributed by atoms with Gasteiger partial charge in [0, 0.05) is 18.0 Å². The molecule has 0 radical (unpaired) electrons. The predicted molar refractivity (Wildman–Crippen MR) is 74.7 cm³/mol. The molecule has 3 rings (SSSR count). The number of hydrogen-bond acceptors (Lipinski definition) is 4. The van der Waals surface area contributed by atoms with Gasteiger partial charge in [0.1, 0.15) is 11.6 Å². The quantitative estimate of drug-likeness (QED) is 0.770. The molecular formula is C14H13N5O. The monoisotopic (exact) mass is 267 g/mol. The molecule has 0 fully saturated rings. The minimum atomic E-state index is -0.213. The van der Waals surface area contributed by atoms with Crippen molar-refractivity contribution in [3.8, 4) is 0 Å². The van der Waals surface area contributed by atoms with E-state index in [1.54, 1.807) is 24.5 Å². The van der Waals surface area contributed by atoms with E-state index in [9.17, 15) is 4.79 Å². The second kappa shape index (κ2) is 4.73. The van der Waals surface area contributed by atoms with Gasteiger partial charge in [0.25, 0.3) is 5.91 Å². The Labute approximate surface area is 115 Å². The number of aromatic nitrogens is 4. The standard InChI is InChI=1S/C14H13N5O/c1-9-4-3-6-15-13(9)16-14(20)11-5-7-19-10(2)17-18-12(19)8-11/h3-8H,1-2H3,(H,15,16,20). The van der Waals surface area contributed by atoms with Gasteiger partial charge in [0.2, 0.25) is 0 Å². The molecule has 0 spiro atoms. The number of rotatable bonds is 2. The number of aryl methyl sites for hydroxylation is 2. The second-order valence-electron chi connectivity index (χ2n) is 4.51. The van der Waals surface area contributed by atoms with Gasteiger partial charge in [-0.3, -0.25) is 9.20 Å². The Morgan fingerprint density at radius 1 is 1.25 bits per heavy atom. The normalized spacial score (nSPS) is 10.7. The summed E-state index contributed by atoms with van der Waals surface area (Å²) in [5.41, 5.74) is 2.09. The summed E-state index contributed by atoms with van der Waals surface area (Å²) in [6.07, 6.45) is 3.43. The molecule has 0 aliphatic rings.